The summed E-state index contributed by atoms with van der Waals surface area (Å²) in [6.07, 6.45) is 1.76. The molecule has 0 saturated heterocycles. The van der Waals surface area contributed by atoms with Crippen molar-refractivity contribution in [3.05, 3.63) is 51.2 Å². The fourth-order valence-corrected chi connectivity index (χ4v) is 4.25. The zero-order chi connectivity index (χ0) is 14.3. The van der Waals surface area contributed by atoms with E-state index in [4.69, 9.17) is 11.6 Å². The number of carbonyl (C=O) groups is 1. The molecular formula is C16H16ClNOS. The molecule has 104 valence electrons. The van der Waals surface area contributed by atoms with Gasteiger partial charge in [0, 0.05) is 27.9 Å². The molecule has 1 aromatic heterocycles. The molecule has 20 heavy (non-hydrogen) atoms. The Morgan fingerprint density at radius 3 is 2.70 bits per heavy atom. The minimum atomic E-state index is -0.195. The largest absolute Gasteiger partial charge is 0.302 e. The van der Waals surface area contributed by atoms with Crippen LogP contribution in [-0.4, -0.2) is 11.4 Å². The van der Waals surface area contributed by atoms with E-state index >= 15 is 0 Å². The standard InChI is InChI=1S/C16H16ClNOS/c1-3-16(2)9-13-14(12(17)10-20-13)15(19)18(16)11-7-5-4-6-8-11/h4-8,10H,3,9H2,1-2H3. The zero-order valence-electron chi connectivity index (χ0n) is 11.5. The van der Waals surface area contributed by atoms with Gasteiger partial charge in [-0.2, -0.15) is 0 Å². The van der Waals surface area contributed by atoms with E-state index in [2.05, 4.69) is 13.8 Å². The molecule has 0 spiro atoms. The first-order valence-corrected chi connectivity index (χ1v) is 7.98. The van der Waals surface area contributed by atoms with Gasteiger partial charge in [-0.05, 0) is 25.5 Å². The van der Waals surface area contributed by atoms with Gasteiger partial charge in [0.2, 0.25) is 0 Å². The topological polar surface area (TPSA) is 20.3 Å². The number of fused-ring (bicyclic) bond motifs is 1. The van der Waals surface area contributed by atoms with Gasteiger partial charge in [0.1, 0.15) is 0 Å². The second kappa shape index (κ2) is 4.90. The van der Waals surface area contributed by atoms with E-state index in [9.17, 15) is 4.79 Å². The smallest absolute Gasteiger partial charge is 0.261 e. The third-order valence-corrected chi connectivity index (χ3v) is 5.51. The minimum absolute atomic E-state index is 0.0213. The van der Waals surface area contributed by atoms with E-state index in [-0.39, 0.29) is 11.4 Å². The number of anilines is 1. The molecule has 1 aliphatic rings. The molecule has 1 aromatic carbocycles. The Labute approximate surface area is 128 Å². The highest BCUT2D eigenvalue weighted by Gasteiger charge is 2.42. The van der Waals surface area contributed by atoms with Gasteiger partial charge in [-0.3, -0.25) is 4.79 Å². The molecule has 4 heteroatoms. The average Bonchev–Trinajstić information content (AvgIpc) is 2.81. The van der Waals surface area contributed by atoms with Crippen molar-refractivity contribution in [1.29, 1.82) is 0 Å². The minimum Gasteiger partial charge on any atom is -0.302 e. The van der Waals surface area contributed by atoms with Crippen LogP contribution in [0.4, 0.5) is 5.69 Å². The molecule has 1 atom stereocenters. The van der Waals surface area contributed by atoms with Gasteiger partial charge in [0.15, 0.2) is 0 Å². The van der Waals surface area contributed by atoms with Crippen molar-refractivity contribution < 1.29 is 4.79 Å². The van der Waals surface area contributed by atoms with Crippen LogP contribution >= 0.6 is 22.9 Å². The molecule has 2 nitrogen and oxygen atoms in total. The molecule has 1 amide bonds. The number of nitrogens with zero attached hydrogens (tertiary/aromatic N) is 1. The highest BCUT2D eigenvalue weighted by atomic mass is 35.5. The second-order valence-electron chi connectivity index (χ2n) is 5.39. The van der Waals surface area contributed by atoms with Crippen molar-refractivity contribution in [3.8, 4) is 0 Å². The summed E-state index contributed by atoms with van der Waals surface area (Å²) >= 11 is 7.80. The van der Waals surface area contributed by atoms with Crippen LogP contribution < -0.4 is 4.90 Å². The number of benzene rings is 1. The molecule has 0 saturated carbocycles. The van der Waals surface area contributed by atoms with Gasteiger partial charge >= 0.3 is 0 Å². The SMILES string of the molecule is CCC1(C)Cc2scc(Cl)c2C(=O)N1c1ccccc1. The van der Waals surface area contributed by atoms with Crippen molar-refractivity contribution in [2.75, 3.05) is 4.90 Å². The van der Waals surface area contributed by atoms with Gasteiger partial charge < -0.3 is 4.90 Å². The highest BCUT2D eigenvalue weighted by Crippen LogP contribution is 2.41. The van der Waals surface area contributed by atoms with Crippen molar-refractivity contribution in [1.82, 2.24) is 0 Å². The molecule has 1 unspecified atom stereocenters. The molecule has 0 N–H and O–H groups in total. The summed E-state index contributed by atoms with van der Waals surface area (Å²) in [6, 6.07) is 9.85. The summed E-state index contributed by atoms with van der Waals surface area (Å²) in [5.41, 5.74) is 1.43. The molecule has 0 radical (unpaired) electrons. The van der Waals surface area contributed by atoms with Gasteiger partial charge in [-0.15, -0.1) is 11.3 Å². The Morgan fingerprint density at radius 1 is 1.35 bits per heavy atom. The van der Waals surface area contributed by atoms with Crippen LogP contribution in [0.3, 0.4) is 0 Å². The highest BCUT2D eigenvalue weighted by molar-refractivity contribution is 7.11. The summed E-state index contributed by atoms with van der Waals surface area (Å²) < 4.78 is 0. The third kappa shape index (κ3) is 1.97. The lowest BCUT2D eigenvalue weighted by atomic mass is 9.85. The van der Waals surface area contributed by atoms with E-state index in [1.165, 1.54) is 0 Å². The van der Waals surface area contributed by atoms with E-state index in [0.29, 0.717) is 10.6 Å². The van der Waals surface area contributed by atoms with E-state index in [1.807, 2.05) is 40.6 Å². The van der Waals surface area contributed by atoms with E-state index < -0.39 is 0 Å². The van der Waals surface area contributed by atoms with Gasteiger partial charge in [-0.25, -0.2) is 0 Å². The van der Waals surface area contributed by atoms with Crippen molar-refractivity contribution in [3.63, 3.8) is 0 Å². The lowest BCUT2D eigenvalue weighted by molar-refractivity contribution is 0.0944. The number of para-hydroxylation sites is 1. The maximum atomic E-state index is 12.9. The number of amides is 1. The van der Waals surface area contributed by atoms with Crippen LogP contribution in [0.1, 0.15) is 35.5 Å². The fraction of sp³-hybridized carbons (Fsp3) is 0.312. The van der Waals surface area contributed by atoms with Crippen LogP contribution in [0.5, 0.6) is 0 Å². The Balaban J connectivity index is 2.16. The number of thiophene rings is 1. The molecule has 0 aliphatic carbocycles. The molecule has 2 aromatic rings. The Morgan fingerprint density at radius 2 is 2.05 bits per heavy atom. The number of rotatable bonds is 2. The van der Waals surface area contributed by atoms with Crippen molar-refractivity contribution >= 4 is 34.5 Å². The first-order chi connectivity index (χ1) is 9.57. The monoisotopic (exact) mass is 305 g/mol. The lowest BCUT2D eigenvalue weighted by Crippen LogP contribution is -2.54. The first-order valence-electron chi connectivity index (χ1n) is 6.72. The van der Waals surface area contributed by atoms with Gasteiger partial charge in [-0.1, -0.05) is 36.7 Å². The molecule has 0 fully saturated rings. The number of hydrogen-bond acceptors (Lipinski definition) is 2. The van der Waals surface area contributed by atoms with Crippen LogP contribution in [0.15, 0.2) is 35.7 Å². The Kier molecular flexibility index (Phi) is 3.35. The molecule has 3 rings (SSSR count). The average molecular weight is 306 g/mol. The summed E-state index contributed by atoms with van der Waals surface area (Å²) in [6.45, 7) is 4.28. The molecule has 1 aliphatic heterocycles. The number of carbonyl (C=O) groups excluding carboxylic acids is 1. The Bertz CT molecular complexity index is 652. The van der Waals surface area contributed by atoms with Crippen molar-refractivity contribution in [2.24, 2.45) is 0 Å². The predicted octanol–water partition coefficient (Wildman–Crippen LogP) is 4.77. The second-order valence-corrected chi connectivity index (χ2v) is 6.76. The van der Waals surface area contributed by atoms with Crippen molar-refractivity contribution in [2.45, 2.75) is 32.2 Å². The Hall–Kier alpha value is -1.32. The summed E-state index contributed by atoms with van der Waals surface area (Å²) in [5.74, 6) is 0.0213. The molecule has 0 bridgehead atoms. The summed E-state index contributed by atoms with van der Waals surface area (Å²) in [4.78, 5) is 15.9. The van der Waals surface area contributed by atoms with Crippen LogP contribution in [0, 0.1) is 0 Å². The normalized spacial score (nSPS) is 21.9. The van der Waals surface area contributed by atoms with Gasteiger partial charge in [0.25, 0.3) is 5.91 Å². The lowest BCUT2D eigenvalue weighted by Gasteiger charge is -2.44. The maximum absolute atomic E-state index is 12.9. The number of halogens is 1. The first kappa shape index (κ1) is 13.7. The van der Waals surface area contributed by atoms with E-state index in [0.717, 1.165) is 23.4 Å². The molecular weight excluding hydrogens is 290 g/mol. The quantitative estimate of drug-likeness (QED) is 0.782. The third-order valence-electron chi connectivity index (χ3n) is 4.10. The van der Waals surface area contributed by atoms with E-state index in [1.54, 1.807) is 11.3 Å². The van der Waals surface area contributed by atoms with Crippen LogP contribution in [0.2, 0.25) is 5.02 Å². The number of hydrogen-bond donors (Lipinski definition) is 0. The fourth-order valence-electron chi connectivity index (χ4n) is 2.80. The van der Waals surface area contributed by atoms with Crippen LogP contribution in [-0.2, 0) is 6.42 Å². The van der Waals surface area contributed by atoms with Crippen LogP contribution in [0.25, 0.3) is 0 Å². The summed E-state index contributed by atoms with van der Waals surface area (Å²) in [5, 5.41) is 2.45. The van der Waals surface area contributed by atoms with Gasteiger partial charge in [0.05, 0.1) is 10.6 Å². The zero-order valence-corrected chi connectivity index (χ0v) is 13.1. The molecule has 2 heterocycles. The predicted molar refractivity (Wildman–Crippen MR) is 85.0 cm³/mol. The summed E-state index contributed by atoms with van der Waals surface area (Å²) in [7, 11) is 0. The maximum Gasteiger partial charge on any atom is 0.261 e.